The predicted octanol–water partition coefficient (Wildman–Crippen LogP) is 3.16. The molecule has 6 nitrogen and oxygen atoms in total. The fraction of sp³-hybridized carbons (Fsp3) is 0.429. The SMILES string of the molecule is CC(C)(C)C(CC(=O)O)n1nnnc1-c1ccc(Br)cc1. The lowest BCUT2D eigenvalue weighted by Gasteiger charge is -2.29. The second-order valence-electron chi connectivity index (χ2n) is 5.93. The average molecular weight is 353 g/mol. The zero-order valence-corrected chi connectivity index (χ0v) is 13.7. The van der Waals surface area contributed by atoms with Gasteiger partial charge in [0.25, 0.3) is 0 Å². The van der Waals surface area contributed by atoms with E-state index < -0.39 is 5.97 Å². The summed E-state index contributed by atoms with van der Waals surface area (Å²) in [5, 5.41) is 20.9. The van der Waals surface area contributed by atoms with Crippen molar-refractivity contribution in [1.82, 2.24) is 20.2 Å². The number of rotatable bonds is 4. The molecule has 2 rings (SSSR count). The summed E-state index contributed by atoms with van der Waals surface area (Å²) >= 11 is 3.38. The van der Waals surface area contributed by atoms with Gasteiger partial charge < -0.3 is 5.11 Å². The molecule has 1 aromatic carbocycles. The van der Waals surface area contributed by atoms with Crippen molar-refractivity contribution in [2.45, 2.75) is 33.2 Å². The Labute approximate surface area is 131 Å². The molecule has 0 fully saturated rings. The molecular formula is C14H17BrN4O2. The lowest BCUT2D eigenvalue weighted by Crippen LogP contribution is -2.28. The van der Waals surface area contributed by atoms with E-state index in [2.05, 4.69) is 31.5 Å². The number of carboxylic acid groups (broad SMARTS) is 1. The van der Waals surface area contributed by atoms with Gasteiger partial charge in [-0.15, -0.1) is 5.10 Å². The van der Waals surface area contributed by atoms with E-state index in [4.69, 9.17) is 5.11 Å². The fourth-order valence-electron chi connectivity index (χ4n) is 2.12. The van der Waals surface area contributed by atoms with Gasteiger partial charge in [-0.3, -0.25) is 4.79 Å². The highest BCUT2D eigenvalue weighted by molar-refractivity contribution is 9.10. The normalized spacial score (nSPS) is 13.1. The van der Waals surface area contributed by atoms with Crippen molar-refractivity contribution in [3.63, 3.8) is 0 Å². The highest BCUT2D eigenvalue weighted by Gasteiger charge is 2.32. The van der Waals surface area contributed by atoms with E-state index in [1.54, 1.807) is 4.68 Å². The quantitative estimate of drug-likeness (QED) is 0.913. The average Bonchev–Trinajstić information content (AvgIpc) is 2.84. The Balaban J connectivity index is 2.46. The highest BCUT2D eigenvalue weighted by Crippen LogP contribution is 2.35. The lowest BCUT2D eigenvalue weighted by atomic mass is 9.84. The van der Waals surface area contributed by atoms with Gasteiger partial charge in [0.2, 0.25) is 0 Å². The van der Waals surface area contributed by atoms with Gasteiger partial charge in [-0.2, -0.15) is 0 Å². The Hall–Kier alpha value is -1.76. The first-order valence-corrected chi connectivity index (χ1v) is 7.34. The summed E-state index contributed by atoms with van der Waals surface area (Å²) in [6.45, 7) is 5.94. The highest BCUT2D eigenvalue weighted by atomic mass is 79.9. The van der Waals surface area contributed by atoms with Gasteiger partial charge in [-0.25, -0.2) is 4.68 Å². The van der Waals surface area contributed by atoms with E-state index in [1.165, 1.54) is 0 Å². The van der Waals surface area contributed by atoms with E-state index in [0.29, 0.717) is 5.82 Å². The van der Waals surface area contributed by atoms with Gasteiger partial charge in [-0.05, 0) is 28.0 Å². The molecule has 1 unspecified atom stereocenters. The molecular weight excluding hydrogens is 336 g/mol. The van der Waals surface area contributed by atoms with E-state index in [1.807, 2.05) is 45.0 Å². The molecule has 1 atom stereocenters. The van der Waals surface area contributed by atoms with Gasteiger partial charge in [0.15, 0.2) is 5.82 Å². The maximum absolute atomic E-state index is 11.2. The van der Waals surface area contributed by atoms with E-state index in [9.17, 15) is 4.79 Å². The number of nitrogens with zero attached hydrogens (tertiary/aromatic N) is 4. The second-order valence-corrected chi connectivity index (χ2v) is 6.85. The summed E-state index contributed by atoms with van der Waals surface area (Å²) in [6.07, 6.45) is -0.0297. The Morgan fingerprint density at radius 3 is 2.48 bits per heavy atom. The van der Waals surface area contributed by atoms with Crippen LogP contribution in [0.15, 0.2) is 28.7 Å². The Morgan fingerprint density at radius 2 is 1.95 bits per heavy atom. The smallest absolute Gasteiger partial charge is 0.305 e. The number of hydrogen-bond donors (Lipinski definition) is 1. The molecule has 1 N–H and O–H groups in total. The van der Waals surface area contributed by atoms with E-state index in [0.717, 1.165) is 10.0 Å². The van der Waals surface area contributed by atoms with Crippen LogP contribution in [0.25, 0.3) is 11.4 Å². The lowest BCUT2D eigenvalue weighted by molar-refractivity contribution is -0.138. The minimum absolute atomic E-state index is 0.0297. The molecule has 1 aromatic heterocycles. The third-order valence-electron chi connectivity index (χ3n) is 3.26. The van der Waals surface area contributed by atoms with Crippen LogP contribution in [0.3, 0.4) is 0 Å². The summed E-state index contributed by atoms with van der Waals surface area (Å²) in [6, 6.07) is 7.26. The van der Waals surface area contributed by atoms with Crippen LogP contribution in [0, 0.1) is 5.41 Å². The molecule has 21 heavy (non-hydrogen) atoms. The van der Waals surface area contributed by atoms with Gasteiger partial charge in [0.05, 0.1) is 12.5 Å². The molecule has 0 aliphatic heterocycles. The number of aromatic nitrogens is 4. The Morgan fingerprint density at radius 1 is 1.33 bits per heavy atom. The second kappa shape index (κ2) is 5.93. The predicted molar refractivity (Wildman–Crippen MR) is 81.7 cm³/mol. The van der Waals surface area contributed by atoms with Gasteiger partial charge in [-0.1, -0.05) is 48.8 Å². The number of hydrogen-bond acceptors (Lipinski definition) is 4. The number of aliphatic carboxylic acids is 1. The third-order valence-corrected chi connectivity index (χ3v) is 3.79. The van der Waals surface area contributed by atoms with Crippen LogP contribution in [-0.4, -0.2) is 31.3 Å². The van der Waals surface area contributed by atoms with Crippen LogP contribution in [-0.2, 0) is 4.79 Å². The first-order chi connectivity index (χ1) is 9.79. The van der Waals surface area contributed by atoms with E-state index in [-0.39, 0.29) is 17.9 Å². The summed E-state index contributed by atoms with van der Waals surface area (Å²) in [7, 11) is 0. The maximum atomic E-state index is 11.2. The molecule has 1 heterocycles. The van der Waals surface area contributed by atoms with Gasteiger partial charge >= 0.3 is 5.97 Å². The molecule has 0 radical (unpaired) electrons. The number of tetrazole rings is 1. The molecule has 7 heteroatoms. The van der Waals surface area contributed by atoms with Crippen LogP contribution >= 0.6 is 15.9 Å². The Bertz CT molecular complexity index is 631. The molecule has 0 aliphatic rings. The molecule has 0 bridgehead atoms. The van der Waals surface area contributed by atoms with Crippen LogP contribution in [0.2, 0.25) is 0 Å². The first-order valence-electron chi connectivity index (χ1n) is 6.54. The molecule has 2 aromatic rings. The van der Waals surface area contributed by atoms with Crippen molar-refractivity contribution in [2.24, 2.45) is 5.41 Å². The minimum atomic E-state index is -0.868. The zero-order valence-electron chi connectivity index (χ0n) is 12.1. The Kier molecular flexibility index (Phi) is 4.41. The molecule has 0 saturated heterocycles. The first kappa shape index (κ1) is 15.6. The summed E-state index contributed by atoms with van der Waals surface area (Å²) in [4.78, 5) is 11.2. The third kappa shape index (κ3) is 3.66. The molecule has 112 valence electrons. The van der Waals surface area contributed by atoms with Crippen LogP contribution in [0.5, 0.6) is 0 Å². The summed E-state index contributed by atoms with van der Waals surface area (Å²) in [5.74, 6) is -0.296. The van der Waals surface area contributed by atoms with Crippen molar-refractivity contribution in [1.29, 1.82) is 0 Å². The number of halogens is 1. The molecule has 0 saturated carbocycles. The monoisotopic (exact) mass is 352 g/mol. The van der Waals surface area contributed by atoms with Crippen LogP contribution in [0.4, 0.5) is 0 Å². The van der Waals surface area contributed by atoms with Crippen LogP contribution in [0.1, 0.15) is 33.2 Å². The largest absolute Gasteiger partial charge is 0.481 e. The van der Waals surface area contributed by atoms with Gasteiger partial charge in [0, 0.05) is 10.0 Å². The number of carbonyl (C=O) groups is 1. The fourth-order valence-corrected chi connectivity index (χ4v) is 2.38. The van der Waals surface area contributed by atoms with Crippen molar-refractivity contribution in [2.75, 3.05) is 0 Å². The summed E-state index contributed by atoms with van der Waals surface area (Å²) in [5.41, 5.74) is 0.570. The van der Waals surface area contributed by atoms with E-state index >= 15 is 0 Å². The zero-order chi connectivity index (χ0) is 15.6. The number of benzene rings is 1. The standard InChI is InChI=1S/C14H17BrN4O2/c1-14(2,3)11(8-12(20)21)19-13(16-17-18-19)9-4-6-10(15)7-5-9/h4-7,11H,8H2,1-3H3,(H,20,21). The van der Waals surface area contributed by atoms with Gasteiger partial charge in [0.1, 0.15) is 0 Å². The number of carboxylic acids is 1. The van der Waals surface area contributed by atoms with Crippen LogP contribution < -0.4 is 0 Å². The molecule has 0 aliphatic carbocycles. The van der Waals surface area contributed by atoms with Crippen molar-refractivity contribution < 1.29 is 9.90 Å². The van der Waals surface area contributed by atoms with Crippen molar-refractivity contribution in [3.05, 3.63) is 28.7 Å². The molecule has 0 amide bonds. The summed E-state index contributed by atoms with van der Waals surface area (Å²) < 4.78 is 2.57. The topological polar surface area (TPSA) is 80.9 Å². The maximum Gasteiger partial charge on any atom is 0.305 e. The minimum Gasteiger partial charge on any atom is -0.481 e. The van der Waals surface area contributed by atoms with Crippen molar-refractivity contribution in [3.8, 4) is 11.4 Å². The molecule has 0 spiro atoms. The van der Waals surface area contributed by atoms with Crippen molar-refractivity contribution >= 4 is 21.9 Å².